The van der Waals surface area contributed by atoms with E-state index >= 15 is 0 Å². The van der Waals surface area contributed by atoms with Crippen LogP contribution in [-0.4, -0.2) is 22.9 Å². The Morgan fingerprint density at radius 2 is 2.14 bits per heavy atom. The second-order valence-corrected chi connectivity index (χ2v) is 4.50. The first-order valence-corrected chi connectivity index (χ1v) is 4.93. The average molecular weight is 196 g/mol. The van der Waals surface area contributed by atoms with Crippen molar-refractivity contribution in [2.24, 2.45) is 12.8 Å². The molecule has 1 aromatic heterocycles. The van der Waals surface area contributed by atoms with Crippen molar-refractivity contribution in [2.75, 3.05) is 18.4 Å². The Morgan fingerprint density at radius 3 is 2.57 bits per heavy atom. The summed E-state index contributed by atoms with van der Waals surface area (Å²) >= 11 is 0. The fraction of sp³-hybridized carbons (Fsp3) is 0.700. The molecule has 1 aromatic rings. The van der Waals surface area contributed by atoms with Gasteiger partial charge in [0, 0.05) is 37.3 Å². The van der Waals surface area contributed by atoms with Crippen LogP contribution in [0, 0.1) is 0 Å². The number of rotatable bonds is 3. The summed E-state index contributed by atoms with van der Waals surface area (Å²) in [6.45, 7) is 7.92. The largest absolute Gasteiger partial charge is 0.367 e. The molecule has 0 aliphatic rings. The van der Waals surface area contributed by atoms with Crippen molar-refractivity contribution >= 4 is 5.82 Å². The molecule has 0 amide bonds. The van der Waals surface area contributed by atoms with E-state index in [1.54, 1.807) is 0 Å². The molecule has 0 bridgehead atoms. The van der Waals surface area contributed by atoms with E-state index in [1.165, 1.54) is 5.69 Å². The molecule has 0 spiro atoms. The zero-order chi connectivity index (χ0) is 10.8. The van der Waals surface area contributed by atoms with Crippen LogP contribution in [0.1, 0.15) is 26.5 Å². The first kappa shape index (κ1) is 11.0. The summed E-state index contributed by atoms with van der Waals surface area (Å²) in [5, 5.41) is 7.54. The molecule has 14 heavy (non-hydrogen) atoms. The topological polar surface area (TPSA) is 55.9 Å². The van der Waals surface area contributed by atoms with Crippen molar-refractivity contribution in [3.05, 3.63) is 11.8 Å². The smallest absolute Gasteiger partial charge is 0.148 e. The van der Waals surface area contributed by atoms with Crippen molar-refractivity contribution in [3.63, 3.8) is 0 Å². The van der Waals surface area contributed by atoms with Gasteiger partial charge in [0.1, 0.15) is 5.82 Å². The first-order valence-electron chi connectivity index (χ1n) is 4.93. The van der Waals surface area contributed by atoms with Crippen molar-refractivity contribution < 1.29 is 0 Å². The van der Waals surface area contributed by atoms with Crippen LogP contribution < -0.4 is 11.1 Å². The van der Waals surface area contributed by atoms with Gasteiger partial charge in [-0.3, -0.25) is 4.68 Å². The van der Waals surface area contributed by atoms with E-state index in [2.05, 4.69) is 37.3 Å². The zero-order valence-electron chi connectivity index (χ0n) is 9.46. The van der Waals surface area contributed by atoms with E-state index < -0.39 is 0 Å². The number of hydrogen-bond acceptors (Lipinski definition) is 3. The lowest BCUT2D eigenvalue weighted by Gasteiger charge is -2.17. The van der Waals surface area contributed by atoms with Crippen LogP contribution in [0.5, 0.6) is 0 Å². The van der Waals surface area contributed by atoms with Crippen LogP contribution in [0.15, 0.2) is 6.07 Å². The molecule has 0 aromatic carbocycles. The van der Waals surface area contributed by atoms with Crippen molar-refractivity contribution in [3.8, 4) is 0 Å². The van der Waals surface area contributed by atoms with Gasteiger partial charge in [-0.2, -0.15) is 5.10 Å². The fourth-order valence-corrected chi connectivity index (χ4v) is 1.46. The van der Waals surface area contributed by atoms with Crippen molar-refractivity contribution in [1.29, 1.82) is 0 Å². The maximum atomic E-state index is 5.41. The highest BCUT2D eigenvalue weighted by Crippen LogP contribution is 2.23. The molecule has 0 atom stereocenters. The molecule has 1 rings (SSSR count). The molecule has 0 unspecified atom stereocenters. The lowest BCUT2D eigenvalue weighted by atomic mass is 9.92. The minimum atomic E-state index is 0.129. The number of aryl methyl sites for hydroxylation is 1. The Balaban J connectivity index is 2.83. The van der Waals surface area contributed by atoms with E-state index in [9.17, 15) is 0 Å². The van der Waals surface area contributed by atoms with E-state index in [-0.39, 0.29) is 5.41 Å². The van der Waals surface area contributed by atoms with E-state index in [1.807, 2.05) is 11.7 Å². The maximum absolute atomic E-state index is 5.41. The highest BCUT2D eigenvalue weighted by molar-refractivity contribution is 5.38. The third-order valence-electron chi connectivity index (χ3n) is 2.10. The predicted octanol–water partition coefficient (Wildman–Crippen LogP) is 1.09. The lowest BCUT2D eigenvalue weighted by Crippen LogP contribution is -2.16. The van der Waals surface area contributed by atoms with Gasteiger partial charge in [0.2, 0.25) is 0 Å². The quantitative estimate of drug-likeness (QED) is 0.761. The molecule has 0 aliphatic carbocycles. The third kappa shape index (κ3) is 2.48. The second kappa shape index (κ2) is 4.00. The summed E-state index contributed by atoms with van der Waals surface area (Å²) in [6, 6.07) is 2.08. The van der Waals surface area contributed by atoms with Crippen molar-refractivity contribution in [2.45, 2.75) is 26.2 Å². The molecule has 4 heteroatoms. The molecule has 3 N–H and O–H groups in total. The van der Waals surface area contributed by atoms with Gasteiger partial charge < -0.3 is 11.1 Å². The minimum absolute atomic E-state index is 0.129. The van der Waals surface area contributed by atoms with Crippen LogP contribution >= 0.6 is 0 Å². The molecule has 80 valence electrons. The Kier molecular flexibility index (Phi) is 3.16. The summed E-state index contributed by atoms with van der Waals surface area (Å²) < 4.78 is 1.92. The fourth-order valence-electron chi connectivity index (χ4n) is 1.46. The minimum Gasteiger partial charge on any atom is -0.367 e. The Bertz CT molecular complexity index is 296. The van der Waals surface area contributed by atoms with Gasteiger partial charge in [-0.25, -0.2) is 0 Å². The Labute approximate surface area is 85.5 Å². The molecular weight excluding hydrogens is 176 g/mol. The molecule has 0 saturated heterocycles. The number of hydrogen-bond donors (Lipinski definition) is 2. The summed E-state index contributed by atoms with van der Waals surface area (Å²) in [4.78, 5) is 0. The van der Waals surface area contributed by atoms with Crippen LogP contribution in [0.25, 0.3) is 0 Å². The molecular formula is C10H20N4. The monoisotopic (exact) mass is 196 g/mol. The standard InChI is InChI=1S/C10H20N4/c1-10(2,3)8-7-9(12-6-5-11)13-14(8)4/h7H,5-6,11H2,1-4H3,(H,12,13). The number of nitrogens with one attached hydrogen (secondary N) is 1. The molecule has 4 nitrogen and oxygen atoms in total. The van der Waals surface area contributed by atoms with E-state index in [0.29, 0.717) is 6.54 Å². The maximum Gasteiger partial charge on any atom is 0.148 e. The number of aromatic nitrogens is 2. The molecule has 1 heterocycles. The summed E-state index contributed by atoms with van der Waals surface area (Å²) in [6.07, 6.45) is 0. The van der Waals surface area contributed by atoms with Gasteiger partial charge in [0.25, 0.3) is 0 Å². The summed E-state index contributed by atoms with van der Waals surface area (Å²) in [7, 11) is 1.97. The lowest BCUT2D eigenvalue weighted by molar-refractivity contribution is 0.523. The average Bonchev–Trinajstić information content (AvgIpc) is 2.42. The Hall–Kier alpha value is -1.03. The highest BCUT2D eigenvalue weighted by atomic mass is 15.3. The van der Waals surface area contributed by atoms with Gasteiger partial charge in [0.15, 0.2) is 0 Å². The SMILES string of the molecule is Cn1nc(NCCN)cc1C(C)(C)C. The van der Waals surface area contributed by atoms with Crippen LogP contribution in [0.4, 0.5) is 5.82 Å². The van der Waals surface area contributed by atoms with Gasteiger partial charge in [-0.15, -0.1) is 0 Å². The van der Waals surface area contributed by atoms with E-state index in [4.69, 9.17) is 5.73 Å². The zero-order valence-corrected chi connectivity index (χ0v) is 9.46. The first-order chi connectivity index (χ1) is 6.45. The van der Waals surface area contributed by atoms with Crippen molar-refractivity contribution in [1.82, 2.24) is 9.78 Å². The van der Waals surface area contributed by atoms with Gasteiger partial charge >= 0.3 is 0 Å². The van der Waals surface area contributed by atoms with Gasteiger partial charge in [-0.1, -0.05) is 20.8 Å². The van der Waals surface area contributed by atoms with Gasteiger partial charge in [0.05, 0.1) is 0 Å². The van der Waals surface area contributed by atoms with Crippen LogP contribution in [0.3, 0.4) is 0 Å². The summed E-state index contributed by atoms with van der Waals surface area (Å²) in [5.41, 5.74) is 6.76. The predicted molar refractivity (Wildman–Crippen MR) is 59.5 cm³/mol. The Morgan fingerprint density at radius 1 is 1.50 bits per heavy atom. The van der Waals surface area contributed by atoms with E-state index in [0.717, 1.165) is 12.4 Å². The normalized spacial score (nSPS) is 11.8. The van der Waals surface area contributed by atoms with Gasteiger partial charge in [-0.05, 0) is 0 Å². The summed E-state index contributed by atoms with van der Waals surface area (Å²) in [5.74, 6) is 0.905. The highest BCUT2D eigenvalue weighted by Gasteiger charge is 2.18. The molecule has 0 aliphatic heterocycles. The second-order valence-electron chi connectivity index (χ2n) is 4.50. The third-order valence-corrected chi connectivity index (χ3v) is 2.10. The number of nitrogens with zero attached hydrogens (tertiary/aromatic N) is 2. The van der Waals surface area contributed by atoms with Crippen LogP contribution in [0.2, 0.25) is 0 Å². The molecule has 0 radical (unpaired) electrons. The van der Waals surface area contributed by atoms with Crippen LogP contribution in [-0.2, 0) is 12.5 Å². The molecule has 0 saturated carbocycles. The number of anilines is 1. The number of nitrogens with two attached hydrogens (primary N) is 1. The molecule has 0 fully saturated rings.